The first kappa shape index (κ1) is 24.5. The minimum atomic E-state index is -1.51. The number of amides is 1. The highest BCUT2D eigenvalue weighted by Crippen LogP contribution is 2.46. The van der Waals surface area contributed by atoms with Crippen molar-refractivity contribution in [2.24, 2.45) is 5.73 Å². The number of rotatable bonds is 7. The van der Waals surface area contributed by atoms with E-state index in [9.17, 15) is 19.1 Å². The third-order valence-electron chi connectivity index (χ3n) is 7.09. The molecule has 1 aliphatic rings. The molecule has 0 unspecified atom stereocenters. The maximum atomic E-state index is 13.6. The number of halogens is 1. The summed E-state index contributed by atoms with van der Waals surface area (Å²) in [6.45, 7) is 3.27. The van der Waals surface area contributed by atoms with Crippen molar-refractivity contribution in [2.75, 3.05) is 6.61 Å². The molecule has 37 heavy (non-hydrogen) atoms. The molecule has 0 radical (unpaired) electrons. The molecule has 188 valence electrons. The molecule has 0 spiro atoms. The van der Waals surface area contributed by atoms with Crippen molar-refractivity contribution in [3.8, 4) is 17.0 Å². The summed E-state index contributed by atoms with van der Waals surface area (Å²) in [6, 6.07) is 14.6. The Labute approximate surface area is 213 Å². The highest BCUT2D eigenvalue weighted by atomic mass is 19.1. The van der Waals surface area contributed by atoms with Crippen LogP contribution in [0.15, 0.2) is 67.0 Å². The summed E-state index contributed by atoms with van der Waals surface area (Å²) in [5.74, 6) is -0.743. The molecule has 5 rings (SSSR count). The van der Waals surface area contributed by atoms with Crippen molar-refractivity contribution < 1.29 is 23.8 Å². The monoisotopic (exact) mass is 499 g/mol. The number of nitrogens with two attached hydrogens (primary N) is 1. The van der Waals surface area contributed by atoms with Gasteiger partial charge in [0.15, 0.2) is 5.78 Å². The molecule has 3 N–H and O–H groups in total. The Morgan fingerprint density at radius 1 is 1.14 bits per heavy atom. The Morgan fingerprint density at radius 3 is 2.62 bits per heavy atom. The fourth-order valence-electron chi connectivity index (χ4n) is 4.55. The van der Waals surface area contributed by atoms with Crippen LogP contribution in [0.3, 0.4) is 0 Å². The number of Topliss-reactive ketones (excluding diaryl/α,β-unsaturated/α-hetero) is 1. The third-order valence-corrected chi connectivity index (χ3v) is 7.09. The number of hydrogen-bond donors (Lipinski definition) is 2. The van der Waals surface area contributed by atoms with E-state index in [1.165, 1.54) is 12.1 Å². The summed E-state index contributed by atoms with van der Waals surface area (Å²) in [5, 5.41) is 13.3. The average Bonchev–Trinajstić information content (AvgIpc) is 3.25. The van der Waals surface area contributed by atoms with Crippen LogP contribution in [0.4, 0.5) is 4.39 Å². The molecule has 0 bridgehead atoms. The van der Waals surface area contributed by atoms with Crippen LogP contribution in [0.1, 0.15) is 48.3 Å². The number of ketones is 1. The molecular formula is C29H26FN3O4. The molecule has 1 aliphatic heterocycles. The number of pyridine rings is 2. The predicted molar refractivity (Wildman–Crippen MR) is 137 cm³/mol. The van der Waals surface area contributed by atoms with Gasteiger partial charge in [-0.1, -0.05) is 12.1 Å². The molecule has 2 aromatic heterocycles. The van der Waals surface area contributed by atoms with E-state index < -0.39 is 22.7 Å². The number of carbonyl (C=O) groups excluding carboxylic acids is 2. The topological polar surface area (TPSA) is 115 Å². The Morgan fingerprint density at radius 2 is 1.89 bits per heavy atom. The van der Waals surface area contributed by atoms with Crippen molar-refractivity contribution in [3.63, 3.8) is 0 Å². The molecule has 0 saturated heterocycles. The second-order valence-electron chi connectivity index (χ2n) is 9.86. The standard InChI is InChI=1S/C29H26FN3O4/c1-28(27(31)35)16-37-26-22(28)14-24(33-25(26)18-5-7-21(30)8-6-18)29(2,36)11-9-23(34)19-4-3-17-10-12-32-15-20(17)13-19/h3-8,10,12-15,36H,9,11,16H2,1-2H3,(H2,31,35)/t28-,29-/m0/s1. The second kappa shape index (κ2) is 9.05. The Bertz CT molecular complexity index is 1530. The van der Waals surface area contributed by atoms with E-state index in [4.69, 9.17) is 10.5 Å². The Hall–Kier alpha value is -4.17. The van der Waals surface area contributed by atoms with Gasteiger partial charge in [0.25, 0.3) is 0 Å². The number of primary amides is 1. The quantitative estimate of drug-likeness (QED) is 0.363. The maximum Gasteiger partial charge on any atom is 0.231 e. The molecule has 8 heteroatoms. The van der Waals surface area contributed by atoms with Gasteiger partial charge in [-0.2, -0.15) is 0 Å². The van der Waals surface area contributed by atoms with Crippen molar-refractivity contribution in [3.05, 3.63) is 89.6 Å². The zero-order valence-corrected chi connectivity index (χ0v) is 20.5. The van der Waals surface area contributed by atoms with Crippen molar-refractivity contribution in [1.82, 2.24) is 9.97 Å². The normalized spacial score (nSPS) is 18.2. The summed E-state index contributed by atoms with van der Waals surface area (Å²) in [5.41, 5.74) is 5.29. The first-order valence-corrected chi connectivity index (χ1v) is 11.9. The lowest BCUT2D eigenvalue weighted by molar-refractivity contribution is -0.123. The van der Waals surface area contributed by atoms with Crippen molar-refractivity contribution in [2.45, 2.75) is 37.7 Å². The van der Waals surface area contributed by atoms with Crippen LogP contribution < -0.4 is 10.5 Å². The number of aliphatic hydroxyl groups is 1. The number of nitrogens with zero attached hydrogens (tertiary/aromatic N) is 2. The van der Waals surface area contributed by atoms with E-state index in [2.05, 4.69) is 9.97 Å². The molecule has 0 aliphatic carbocycles. The molecular weight excluding hydrogens is 473 g/mol. The van der Waals surface area contributed by atoms with Gasteiger partial charge in [0, 0.05) is 40.9 Å². The lowest BCUT2D eigenvalue weighted by Gasteiger charge is -2.26. The number of benzene rings is 2. The van der Waals surface area contributed by atoms with Crippen LogP contribution in [-0.4, -0.2) is 33.4 Å². The lowest BCUT2D eigenvalue weighted by Crippen LogP contribution is -2.40. The Kier molecular flexibility index (Phi) is 6.00. The number of carbonyl (C=O) groups is 2. The number of hydrogen-bond acceptors (Lipinski definition) is 6. The fraction of sp³-hybridized carbons (Fsp3) is 0.241. The van der Waals surface area contributed by atoms with Gasteiger partial charge in [0.1, 0.15) is 34.9 Å². The SMILES string of the molecule is C[C@](O)(CCC(=O)c1ccc2ccncc2c1)c1cc2c(c(-c3ccc(F)cc3)n1)OC[C@]2(C)C(N)=O. The predicted octanol–water partition coefficient (Wildman–Crippen LogP) is 4.44. The zero-order valence-electron chi connectivity index (χ0n) is 20.5. The van der Waals surface area contributed by atoms with Crippen LogP contribution in [0, 0.1) is 5.82 Å². The van der Waals surface area contributed by atoms with Crippen molar-refractivity contribution >= 4 is 22.5 Å². The van der Waals surface area contributed by atoms with Gasteiger partial charge >= 0.3 is 0 Å². The van der Waals surface area contributed by atoms with Gasteiger partial charge in [0.2, 0.25) is 5.91 Å². The van der Waals surface area contributed by atoms with E-state index in [0.717, 1.165) is 10.8 Å². The van der Waals surface area contributed by atoms with E-state index in [-0.39, 0.29) is 30.9 Å². The van der Waals surface area contributed by atoms with Crippen LogP contribution in [-0.2, 0) is 15.8 Å². The average molecular weight is 500 g/mol. The first-order chi connectivity index (χ1) is 17.6. The molecule has 0 fully saturated rings. The fourth-order valence-corrected chi connectivity index (χ4v) is 4.55. The molecule has 0 saturated carbocycles. The number of ether oxygens (including phenoxy) is 1. The van der Waals surface area contributed by atoms with Gasteiger partial charge in [-0.25, -0.2) is 9.37 Å². The van der Waals surface area contributed by atoms with E-state index in [1.54, 1.807) is 56.6 Å². The van der Waals surface area contributed by atoms with Gasteiger partial charge in [-0.3, -0.25) is 14.6 Å². The van der Waals surface area contributed by atoms with Crippen LogP contribution in [0.5, 0.6) is 5.75 Å². The summed E-state index contributed by atoms with van der Waals surface area (Å²) in [4.78, 5) is 34.1. The second-order valence-corrected chi connectivity index (χ2v) is 9.86. The van der Waals surface area contributed by atoms with Crippen LogP contribution in [0.25, 0.3) is 22.0 Å². The highest BCUT2D eigenvalue weighted by molar-refractivity contribution is 5.99. The molecule has 4 aromatic rings. The summed E-state index contributed by atoms with van der Waals surface area (Å²) in [6.07, 6.45) is 3.54. The highest BCUT2D eigenvalue weighted by Gasteiger charge is 2.45. The lowest BCUT2D eigenvalue weighted by atomic mass is 9.81. The minimum absolute atomic E-state index is 0.0223. The Balaban J connectivity index is 1.49. The first-order valence-electron chi connectivity index (χ1n) is 11.9. The molecule has 1 amide bonds. The van der Waals surface area contributed by atoms with Crippen LogP contribution >= 0.6 is 0 Å². The van der Waals surface area contributed by atoms with Gasteiger partial charge in [-0.15, -0.1) is 0 Å². The molecule has 2 aromatic carbocycles. The minimum Gasteiger partial charge on any atom is -0.489 e. The summed E-state index contributed by atoms with van der Waals surface area (Å²) < 4.78 is 19.4. The molecule has 2 atom stereocenters. The smallest absolute Gasteiger partial charge is 0.231 e. The number of fused-ring (bicyclic) bond motifs is 2. The zero-order chi connectivity index (χ0) is 26.4. The third kappa shape index (κ3) is 4.44. The largest absolute Gasteiger partial charge is 0.489 e. The van der Waals surface area contributed by atoms with E-state index in [1.807, 2.05) is 12.1 Å². The van der Waals surface area contributed by atoms with Gasteiger partial charge in [0.05, 0.1) is 5.69 Å². The molecule has 7 nitrogen and oxygen atoms in total. The van der Waals surface area contributed by atoms with E-state index in [0.29, 0.717) is 28.1 Å². The van der Waals surface area contributed by atoms with Gasteiger partial charge < -0.3 is 15.6 Å². The summed E-state index contributed by atoms with van der Waals surface area (Å²) >= 11 is 0. The number of aromatic nitrogens is 2. The summed E-state index contributed by atoms with van der Waals surface area (Å²) in [7, 11) is 0. The maximum absolute atomic E-state index is 13.6. The van der Waals surface area contributed by atoms with Crippen LogP contribution in [0.2, 0.25) is 0 Å². The molecule has 3 heterocycles. The van der Waals surface area contributed by atoms with Gasteiger partial charge in [-0.05, 0) is 68.1 Å². The van der Waals surface area contributed by atoms with Crippen molar-refractivity contribution in [1.29, 1.82) is 0 Å². The van der Waals surface area contributed by atoms with E-state index >= 15 is 0 Å².